The number of hydrogen-bond acceptors (Lipinski definition) is 8. The Hall–Kier alpha value is -2.48. The molecule has 0 aliphatic carbocycles. The molecule has 3 aromatic heterocycles. The Bertz CT molecular complexity index is 985. The van der Waals surface area contributed by atoms with Crippen LogP contribution in [0.3, 0.4) is 0 Å². The average Bonchev–Trinajstić information content (AvgIpc) is 3.17. The first kappa shape index (κ1) is 19.3. The van der Waals surface area contributed by atoms with Gasteiger partial charge in [-0.1, -0.05) is 20.8 Å². The summed E-state index contributed by atoms with van der Waals surface area (Å²) >= 11 is 1.32. The second kappa shape index (κ2) is 7.26. The Labute approximate surface area is 162 Å². The number of carbonyl (C=O) groups is 1. The number of nitrogens with zero attached hydrogens (tertiary/aromatic N) is 3. The first-order valence-corrected chi connectivity index (χ1v) is 9.66. The van der Waals surface area contributed by atoms with E-state index in [9.17, 15) is 4.79 Å². The number of fused-ring (bicyclic) bond motifs is 1. The highest BCUT2D eigenvalue weighted by Gasteiger charge is 2.22. The number of rotatable bonds is 5. The van der Waals surface area contributed by atoms with Gasteiger partial charge in [-0.05, 0) is 26.3 Å². The monoisotopic (exact) mass is 388 g/mol. The van der Waals surface area contributed by atoms with Crippen molar-refractivity contribution in [3.05, 3.63) is 34.1 Å². The van der Waals surface area contributed by atoms with Crippen molar-refractivity contribution in [2.45, 2.75) is 53.5 Å². The summed E-state index contributed by atoms with van der Waals surface area (Å²) in [7, 11) is 0. The molecular weight excluding hydrogens is 364 g/mol. The average molecular weight is 388 g/mol. The molecule has 0 aliphatic heterocycles. The number of carbonyl (C=O) groups excluding carboxylic acids is 1. The molecule has 0 spiro atoms. The fraction of sp³-hybridized carbons (Fsp3) is 0.474. The number of esters is 1. The highest BCUT2D eigenvalue weighted by Crippen LogP contribution is 2.34. The molecule has 7 nitrogen and oxygen atoms in total. The number of aromatic nitrogens is 3. The lowest BCUT2D eigenvalue weighted by Gasteiger charge is -2.13. The minimum Gasteiger partial charge on any atom is -0.462 e. The predicted octanol–water partition coefficient (Wildman–Crippen LogP) is 4.38. The first-order valence-electron chi connectivity index (χ1n) is 8.84. The molecule has 27 heavy (non-hydrogen) atoms. The normalized spacial score (nSPS) is 11.8. The topological polar surface area (TPSA) is 90.1 Å². The molecule has 0 aromatic carbocycles. The number of ether oxygens (including phenoxy) is 1. The Morgan fingerprint density at radius 2 is 2.04 bits per heavy atom. The van der Waals surface area contributed by atoms with Crippen LogP contribution in [0, 0.1) is 13.8 Å². The molecule has 3 heterocycles. The molecule has 3 rings (SSSR count). The number of nitrogens with one attached hydrogen (secondary N) is 1. The van der Waals surface area contributed by atoms with Gasteiger partial charge in [-0.25, -0.2) is 19.7 Å². The lowest BCUT2D eigenvalue weighted by molar-refractivity contribution is 0.0531. The van der Waals surface area contributed by atoms with E-state index in [0.29, 0.717) is 35.6 Å². The van der Waals surface area contributed by atoms with Crippen molar-refractivity contribution in [2.24, 2.45) is 0 Å². The minimum absolute atomic E-state index is 0.0947. The van der Waals surface area contributed by atoms with Crippen molar-refractivity contribution in [3.8, 4) is 0 Å². The van der Waals surface area contributed by atoms with Crippen molar-refractivity contribution in [3.63, 3.8) is 0 Å². The Morgan fingerprint density at radius 3 is 2.67 bits per heavy atom. The number of oxazole rings is 1. The third-order valence-electron chi connectivity index (χ3n) is 4.06. The second-order valence-corrected chi connectivity index (χ2v) is 8.30. The van der Waals surface area contributed by atoms with Crippen LogP contribution in [0.2, 0.25) is 0 Å². The van der Waals surface area contributed by atoms with Crippen LogP contribution in [0.1, 0.15) is 60.4 Å². The SMILES string of the molecule is CCOC(=O)c1sc2nc(C)nc(NCc3ncc(C(C)(C)C)o3)c2c1C. The summed E-state index contributed by atoms with van der Waals surface area (Å²) in [5.74, 6) is 2.38. The second-order valence-electron chi connectivity index (χ2n) is 7.30. The van der Waals surface area contributed by atoms with Crippen LogP contribution in [0.5, 0.6) is 0 Å². The van der Waals surface area contributed by atoms with Crippen LogP contribution in [-0.4, -0.2) is 27.5 Å². The van der Waals surface area contributed by atoms with Crippen molar-refractivity contribution in [2.75, 3.05) is 11.9 Å². The smallest absolute Gasteiger partial charge is 0.348 e. The summed E-state index contributed by atoms with van der Waals surface area (Å²) < 4.78 is 11.0. The Balaban J connectivity index is 1.92. The van der Waals surface area contributed by atoms with Gasteiger partial charge < -0.3 is 14.5 Å². The van der Waals surface area contributed by atoms with Crippen molar-refractivity contribution >= 4 is 33.3 Å². The molecule has 0 amide bonds. The predicted molar refractivity (Wildman–Crippen MR) is 105 cm³/mol. The van der Waals surface area contributed by atoms with Crippen LogP contribution in [0.4, 0.5) is 5.82 Å². The molecule has 0 saturated heterocycles. The zero-order valence-electron chi connectivity index (χ0n) is 16.5. The lowest BCUT2D eigenvalue weighted by atomic mass is 9.94. The van der Waals surface area contributed by atoms with Crippen LogP contribution in [0.25, 0.3) is 10.2 Å². The molecule has 1 N–H and O–H groups in total. The summed E-state index contributed by atoms with van der Waals surface area (Å²) in [6.45, 7) is 12.5. The summed E-state index contributed by atoms with van der Waals surface area (Å²) in [6, 6.07) is 0. The molecule has 8 heteroatoms. The highest BCUT2D eigenvalue weighted by atomic mass is 32.1. The Morgan fingerprint density at radius 1 is 1.30 bits per heavy atom. The van der Waals surface area contributed by atoms with Gasteiger partial charge in [-0.15, -0.1) is 11.3 Å². The molecule has 0 atom stereocenters. The van der Waals surface area contributed by atoms with Gasteiger partial charge in [0.1, 0.15) is 27.1 Å². The molecule has 3 aromatic rings. The van der Waals surface area contributed by atoms with E-state index in [2.05, 4.69) is 41.0 Å². The van der Waals surface area contributed by atoms with E-state index < -0.39 is 0 Å². The van der Waals surface area contributed by atoms with Crippen molar-refractivity contribution < 1.29 is 13.9 Å². The quantitative estimate of drug-likeness (QED) is 0.649. The van der Waals surface area contributed by atoms with Crippen LogP contribution < -0.4 is 5.32 Å². The molecule has 144 valence electrons. The van der Waals surface area contributed by atoms with Gasteiger partial charge >= 0.3 is 5.97 Å². The summed E-state index contributed by atoms with van der Waals surface area (Å²) in [6.07, 6.45) is 1.76. The molecular formula is C19H24N4O3S. The van der Waals surface area contributed by atoms with E-state index in [-0.39, 0.29) is 11.4 Å². The van der Waals surface area contributed by atoms with Gasteiger partial charge in [0, 0.05) is 5.41 Å². The van der Waals surface area contributed by atoms with Gasteiger partial charge in [0.25, 0.3) is 0 Å². The highest BCUT2D eigenvalue weighted by molar-refractivity contribution is 7.20. The zero-order valence-corrected chi connectivity index (χ0v) is 17.3. The van der Waals surface area contributed by atoms with Crippen LogP contribution >= 0.6 is 11.3 Å². The van der Waals surface area contributed by atoms with Crippen molar-refractivity contribution in [1.29, 1.82) is 0 Å². The first-order chi connectivity index (χ1) is 12.7. The molecule has 0 fully saturated rings. The van der Waals surface area contributed by atoms with Crippen LogP contribution in [-0.2, 0) is 16.7 Å². The number of hydrogen-bond donors (Lipinski definition) is 1. The van der Waals surface area contributed by atoms with Gasteiger partial charge in [0.2, 0.25) is 5.89 Å². The largest absolute Gasteiger partial charge is 0.462 e. The maximum absolute atomic E-state index is 12.2. The molecule has 0 bridgehead atoms. The third kappa shape index (κ3) is 3.95. The number of anilines is 1. The third-order valence-corrected chi connectivity index (χ3v) is 5.23. The zero-order chi connectivity index (χ0) is 19.8. The van der Waals surface area contributed by atoms with Crippen LogP contribution in [0.15, 0.2) is 10.6 Å². The fourth-order valence-electron chi connectivity index (χ4n) is 2.66. The number of aryl methyl sites for hydroxylation is 2. The van der Waals surface area contributed by atoms with Gasteiger partial charge in [0.05, 0.1) is 24.7 Å². The van der Waals surface area contributed by atoms with Gasteiger partial charge in [-0.3, -0.25) is 0 Å². The molecule has 0 radical (unpaired) electrons. The summed E-state index contributed by atoms with van der Waals surface area (Å²) in [4.78, 5) is 26.8. The van der Waals surface area contributed by atoms with E-state index in [1.807, 2.05) is 13.8 Å². The van der Waals surface area contributed by atoms with E-state index in [0.717, 1.165) is 21.5 Å². The maximum atomic E-state index is 12.2. The standard InChI is InChI=1S/C19H24N4O3S/c1-7-25-18(24)15-10(2)14-16(22-11(3)23-17(14)27-15)21-9-13-20-8-12(26-13)19(4,5)6/h8H,7,9H2,1-6H3,(H,21,22,23). The summed E-state index contributed by atoms with van der Waals surface area (Å²) in [5.41, 5.74) is 0.724. The molecule has 0 unspecified atom stereocenters. The summed E-state index contributed by atoms with van der Waals surface area (Å²) in [5, 5.41) is 4.11. The van der Waals surface area contributed by atoms with E-state index in [1.165, 1.54) is 11.3 Å². The van der Waals surface area contributed by atoms with E-state index >= 15 is 0 Å². The van der Waals surface area contributed by atoms with E-state index in [4.69, 9.17) is 9.15 Å². The van der Waals surface area contributed by atoms with Crippen molar-refractivity contribution in [1.82, 2.24) is 15.0 Å². The fourth-order valence-corrected chi connectivity index (χ4v) is 3.78. The van der Waals surface area contributed by atoms with E-state index in [1.54, 1.807) is 13.1 Å². The molecule has 0 aliphatic rings. The number of thiophene rings is 1. The minimum atomic E-state index is -0.330. The van der Waals surface area contributed by atoms with Gasteiger partial charge in [-0.2, -0.15) is 0 Å². The Kier molecular flexibility index (Phi) is 5.19. The molecule has 0 saturated carbocycles. The lowest BCUT2D eigenvalue weighted by Crippen LogP contribution is -2.09. The maximum Gasteiger partial charge on any atom is 0.348 e. The van der Waals surface area contributed by atoms with Gasteiger partial charge in [0.15, 0.2) is 0 Å².